The molecule has 2 aromatic carbocycles. The number of H-pyrrole nitrogens is 1. The summed E-state index contributed by atoms with van der Waals surface area (Å²) >= 11 is 0. The largest absolute Gasteiger partial charge is 0.508 e. The highest BCUT2D eigenvalue weighted by atomic mass is 16.5. The zero-order chi connectivity index (χ0) is 17.8. The summed E-state index contributed by atoms with van der Waals surface area (Å²) in [6.07, 6.45) is 0. The summed E-state index contributed by atoms with van der Waals surface area (Å²) in [6.45, 7) is 0.300. The second-order valence-electron chi connectivity index (χ2n) is 5.66. The molecule has 0 spiro atoms. The molecule has 0 aliphatic heterocycles. The number of rotatable bonds is 5. The molecule has 0 aliphatic carbocycles. The van der Waals surface area contributed by atoms with Crippen LogP contribution in [-0.2, 0) is 6.54 Å². The van der Waals surface area contributed by atoms with Gasteiger partial charge < -0.3 is 14.7 Å². The second-order valence-corrected chi connectivity index (χ2v) is 5.66. The molecule has 6 nitrogen and oxygen atoms in total. The van der Waals surface area contributed by atoms with Crippen LogP contribution >= 0.6 is 0 Å². The van der Waals surface area contributed by atoms with Crippen LogP contribution in [-0.4, -0.2) is 40.3 Å². The van der Waals surface area contributed by atoms with Gasteiger partial charge in [-0.15, -0.1) is 0 Å². The summed E-state index contributed by atoms with van der Waals surface area (Å²) in [4.78, 5) is 14.1. The van der Waals surface area contributed by atoms with Crippen molar-refractivity contribution in [1.29, 1.82) is 0 Å². The summed E-state index contributed by atoms with van der Waals surface area (Å²) in [5.41, 5.74) is 2.50. The van der Waals surface area contributed by atoms with Crippen molar-refractivity contribution in [1.82, 2.24) is 15.1 Å². The van der Waals surface area contributed by atoms with Crippen molar-refractivity contribution in [2.75, 3.05) is 14.2 Å². The fourth-order valence-corrected chi connectivity index (χ4v) is 2.60. The van der Waals surface area contributed by atoms with E-state index in [4.69, 9.17) is 4.74 Å². The van der Waals surface area contributed by atoms with Crippen molar-refractivity contribution < 1.29 is 14.6 Å². The summed E-state index contributed by atoms with van der Waals surface area (Å²) in [6, 6.07) is 16.1. The molecule has 1 heterocycles. The number of nitrogens with one attached hydrogen (secondary N) is 1. The number of carbonyl (C=O) groups is 1. The minimum atomic E-state index is -0.211. The first-order valence-electron chi connectivity index (χ1n) is 7.81. The van der Waals surface area contributed by atoms with E-state index in [1.165, 1.54) is 4.90 Å². The highest BCUT2D eigenvalue weighted by Crippen LogP contribution is 2.28. The third-order valence-corrected chi connectivity index (χ3v) is 3.94. The van der Waals surface area contributed by atoms with Gasteiger partial charge in [-0.05, 0) is 24.3 Å². The first kappa shape index (κ1) is 16.6. The van der Waals surface area contributed by atoms with E-state index in [9.17, 15) is 9.90 Å². The maximum atomic E-state index is 12.6. The third-order valence-electron chi connectivity index (χ3n) is 3.94. The van der Waals surface area contributed by atoms with E-state index in [1.807, 2.05) is 30.3 Å². The topological polar surface area (TPSA) is 78.5 Å². The summed E-state index contributed by atoms with van der Waals surface area (Å²) in [5.74, 6) is 0.647. The van der Waals surface area contributed by atoms with Crippen molar-refractivity contribution >= 4 is 5.91 Å². The third kappa shape index (κ3) is 3.47. The van der Waals surface area contributed by atoms with E-state index in [0.717, 1.165) is 5.56 Å². The predicted molar refractivity (Wildman–Crippen MR) is 94.5 cm³/mol. The van der Waals surface area contributed by atoms with Gasteiger partial charge in [0, 0.05) is 24.7 Å². The lowest BCUT2D eigenvalue weighted by molar-refractivity contribution is 0.0778. The Hall–Kier alpha value is -3.28. The molecule has 0 radical (unpaired) electrons. The number of hydrogen-bond acceptors (Lipinski definition) is 4. The first-order chi connectivity index (χ1) is 12.1. The number of para-hydroxylation sites is 2. The van der Waals surface area contributed by atoms with Gasteiger partial charge in [-0.2, -0.15) is 5.10 Å². The SMILES string of the molecule is COc1ccccc1-c1cc(C(=O)N(C)Cc2ccccc2O)[nH]n1. The number of aromatic nitrogens is 2. The van der Waals surface area contributed by atoms with Crippen LogP contribution in [0.4, 0.5) is 0 Å². The standard InChI is InChI=1S/C19H19N3O3/c1-22(12-13-7-3-5-9-17(13)23)19(24)16-11-15(20-21-16)14-8-4-6-10-18(14)25-2/h3-11,23H,12H2,1-2H3,(H,20,21). The molecule has 2 N–H and O–H groups in total. The number of ether oxygens (including phenoxy) is 1. The van der Waals surface area contributed by atoms with Crippen LogP contribution in [0.2, 0.25) is 0 Å². The number of nitrogens with zero attached hydrogens (tertiary/aromatic N) is 2. The maximum Gasteiger partial charge on any atom is 0.271 e. The van der Waals surface area contributed by atoms with Gasteiger partial charge in [-0.1, -0.05) is 30.3 Å². The molecule has 0 saturated heterocycles. The van der Waals surface area contributed by atoms with E-state index in [0.29, 0.717) is 29.2 Å². The number of methoxy groups -OCH3 is 1. The maximum absolute atomic E-state index is 12.6. The Labute approximate surface area is 145 Å². The zero-order valence-electron chi connectivity index (χ0n) is 14.1. The van der Waals surface area contributed by atoms with Crippen LogP contribution in [0.1, 0.15) is 16.1 Å². The molecule has 0 saturated carbocycles. The molecular weight excluding hydrogens is 318 g/mol. The van der Waals surface area contributed by atoms with Crippen LogP contribution in [0.3, 0.4) is 0 Å². The Bertz CT molecular complexity index is 889. The van der Waals surface area contributed by atoms with E-state index in [2.05, 4.69) is 10.2 Å². The minimum absolute atomic E-state index is 0.168. The first-order valence-corrected chi connectivity index (χ1v) is 7.81. The Kier molecular flexibility index (Phi) is 4.70. The van der Waals surface area contributed by atoms with Gasteiger partial charge in [0.05, 0.1) is 12.8 Å². The van der Waals surface area contributed by atoms with Crippen molar-refractivity contribution in [3.8, 4) is 22.8 Å². The van der Waals surface area contributed by atoms with Gasteiger partial charge in [-0.25, -0.2) is 0 Å². The lowest BCUT2D eigenvalue weighted by Gasteiger charge is -2.16. The van der Waals surface area contributed by atoms with Gasteiger partial charge in [0.1, 0.15) is 17.2 Å². The number of amides is 1. The lowest BCUT2D eigenvalue weighted by atomic mass is 10.1. The quantitative estimate of drug-likeness (QED) is 0.750. The molecule has 128 valence electrons. The summed E-state index contributed by atoms with van der Waals surface area (Å²) in [5, 5.41) is 16.8. The molecule has 3 rings (SSSR count). The average molecular weight is 337 g/mol. The highest BCUT2D eigenvalue weighted by molar-refractivity contribution is 5.93. The molecule has 0 fully saturated rings. The van der Waals surface area contributed by atoms with Gasteiger partial charge >= 0.3 is 0 Å². The van der Waals surface area contributed by atoms with Gasteiger partial charge in [-0.3, -0.25) is 9.89 Å². The molecule has 25 heavy (non-hydrogen) atoms. The molecule has 0 atom stereocenters. The van der Waals surface area contributed by atoms with Crippen LogP contribution in [0.5, 0.6) is 11.5 Å². The fraction of sp³-hybridized carbons (Fsp3) is 0.158. The van der Waals surface area contributed by atoms with Crippen molar-refractivity contribution in [2.24, 2.45) is 0 Å². The van der Waals surface area contributed by atoms with Crippen molar-refractivity contribution in [3.05, 3.63) is 65.9 Å². The number of phenolic OH excluding ortho intramolecular Hbond substituents is 1. The second kappa shape index (κ2) is 7.09. The number of aromatic amines is 1. The molecule has 0 bridgehead atoms. The molecule has 1 aromatic heterocycles. The van der Waals surface area contributed by atoms with Gasteiger partial charge in [0.15, 0.2) is 0 Å². The van der Waals surface area contributed by atoms with Crippen LogP contribution < -0.4 is 4.74 Å². The van der Waals surface area contributed by atoms with Crippen molar-refractivity contribution in [3.63, 3.8) is 0 Å². The lowest BCUT2D eigenvalue weighted by Crippen LogP contribution is -2.26. The number of phenols is 1. The average Bonchev–Trinajstić information content (AvgIpc) is 3.12. The van der Waals surface area contributed by atoms with E-state index in [-0.39, 0.29) is 11.7 Å². The molecular formula is C19H19N3O3. The van der Waals surface area contributed by atoms with Crippen LogP contribution in [0.15, 0.2) is 54.6 Å². The molecule has 0 unspecified atom stereocenters. The molecule has 3 aromatic rings. The molecule has 1 amide bonds. The van der Waals surface area contributed by atoms with Gasteiger partial charge in [0.2, 0.25) is 0 Å². The summed E-state index contributed by atoms with van der Waals surface area (Å²) < 4.78 is 5.33. The summed E-state index contributed by atoms with van der Waals surface area (Å²) in [7, 11) is 3.27. The monoisotopic (exact) mass is 337 g/mol. The minimum Gasteiger partial charge on any atom is -0.508 e. The Morgan fingerprint density at radius 3 is 2.68 bits per heavy atom. The van der Waals surface area contributed by atoms with Gasteiger partial charge in [0.25, 0.3) is 5.91 Å². The normalized spacial score (nSPS) is 10.5. The van der Waals surface area contributed by atoms with Crippen LogP contribution in [0, 0.1) is 0 Å². The van der Waals surface area contributed by atoms with Crippen LogP contribution in [0.25, 0.3) is 11.3 Å². The van der Waals surface area contributed by atoms with E-state index in [1.54, 1.807) is 38.4 Å². The smallest absolute Gasteiger partial charge is 0.271 e. The van der Waals surface area contributed by atoms with Crippen molar-refractivity contribution in [2.45, 2.75) is 6.54 Å². The number of hydrogen-bond donors (Lipinski definition) is 2. The Morgan fingerprint density at radius 2 is 1.92 bits per heavy atom. The highest BCUT2D eigenvalue weighted by Gasteiger charge is 2.17. The molecule has 6 heteroatoms. The number of carbonyl (C=O) groups excluding carboxylic acids is 1. The molecule has 0 aliphatic rings. The van der Waals surface area contributed by atoms with E-state index < -0.39 is 0 Å². The Morgan fingerprint density at radius 1 is 1.20 bits per heavy atom. The predicted octanol–water partition coefficient (Wildman–Crippen LogP) is 3.06. The number of aromatic hydroxyl groups is 1. The fourth-order valence-electron chi connectivity index (χ4n) is 2.60. The van der Waals surface area contributed by atoms with E-state index >= 15 is 0 Å². The zero-order valence-corrected chi connectivity index (χ0v) is 14.1. The number of benzene rings is 2. The Balaban J connectivity index is 1.80.